The van der Waals surface area contributed by atoms with Crippen LogP contribution in [0.15, 0.2) is 6.07 Å². The number of nitrogens with one attached hydrogen (secondary N) is 2. The molecule has 1 aliphatic heterocycles. The first-order chi connectivity index (χ1) is 8.58. The normalized spacial score (nSPS) is 24.9. The minimum Gasteiger partial charge on any atom is -0.367 e. The lowest BCUT2D eigenvalue weighted by molar-refractivity contribution is 0.190. The van der Waals surface area contributed by atoms with E-state index in [0.29, 0.717) is 18.0 Å². The number of hydrazine groups is 1. The van der Waals surface area contributed by atoms with Gasteiger partial charge in [-0.3, -0.25) is 5.43 Å². The zero-order valence-corrected chi connectivity index (χ0v) is 11.3. The standard InChI is InChI=1S/C12H22N6/c1-8-6-11(16-12(14-8)17-13)15-10-4-5-18(3)9(2)7-10/h6,9-10H,4-5,7,13H2,1-3H3,(H2,14,15,16,17). The summed E-state index contributed by atoms with van der Waals surface area (Å²) in [6.07, 6.45) is 2.26. The molecule has 0 radical (unpaired) electrons. The summed E-state index contributed by atoms with van der Waals surface area (Å²) in [5, 5.41) is 3.47. The van der Waals surface area contributed by atoms with Crippen molar-refractivity contribution in [2.24, 2.45) is 5.84 Å². The molecule has 2 unspecified atom stereocenters. The first-order valence-electron chi connectivity index (χ1n) is 6.37. The molecule has 0 aromatic carbocycles. The molecule has 0 aliphatic carbocycles. The third kappa shape index (κ3) is 3.08. The van der Waals surface area contributed by atoms with E-state index in [1.807, 2.05) is 13.0 Å². The summed E-state index contributed by atoms with van der Waals surface area (Å²) in [6.45, 7) is 5.31. The lowest BCUT2D eigenvalue weighted by Gasteiger charge is -2.35. The van der Waals surface area contributed by atoms with Gasteiger partial charge in [0.2, 0.25) is 5.95 Å². The van der Waals surface area contributed by atoms with Crippen LogP contribution in [0.1, 0.15) is 25.5 Å². The van der Waals surface area contributed by atoms with E-state index in [9.17, 15) is 0 Å². The van der Waals surface area contributed by atoms with Gasteiger partial charge in [-0.15, -0.1) is 0 Å². The van der Waals surface area contributed by atoms with Crippen LogP contribution < -0.4 is 16.6 Å². The van der Waals surface area contributed by atoms with Crippen LogP contribution in [-0.2, 0) is 0 Å². The molecule has 1 saturated heterocycles. The van der Waals surface area contributed by atoms with Crippen molar-refractivity contribution in [2.75, 3.05) is 24.3 Å². The van der Waals surface area contributed by atoms with Crippen molar-refractivity contribution in [3.05, 3.63) is 11.8 Å². The minimum absolute atomic E-state index is 0.457. The van der Waals surface area contributed by atoms with Crippen molar-refractivity contribution in [2.45, 2.75) is 38.8 Å². The van der Waals surface area contributed by atoms with E-state index >= 15 is 0 Å². The van der Waals surface area contributed by atoms with Crippen molar-refractivity contribution in [1.82, 2.24) is 14.9 Å². The number of nitrogens with zero attached hydrogens (tertiary/aromatic N) is 3. The van der Waals surface area contributed by atoms with Crippen molar-refractivity contribution >= 4 is 11.8 Å². The number of aryl methyl sites for hydroxylation is 1. The molecule has 0 saturated carbocycles. The van der Waals surface area contributed by atoms with Gasteiger partial charge in [-0.2, -0.15) is 4.98 Å². The van der Waals surface area contributed by atoms with E-state index in [4.69, 9.17) is 5.84 Å². The van der Waals surface area contributed by atoms with Gasteiger partial charge in [0.1, 0.15) is 5.82 Å². The maximum Gasteiger partial charge on any atom is 0.239 e. The van der Waals surface area contributed by atoms with Gasteiger partial charge in [0, 0.05) is 30.4 Å². The Hall–Kier alpha value is -1.40. The zero-order chi connectivity index (χ0) is 13.1. The van der Waals surface area contributed by atoms with Gasteiger partial charge in [0.05, 0.1) is 0 Å². The molecule has 18 heavy (non-hydrogen) atoms. The molecule has 6 nitrogen and oxygen atoms in total. The zero-order valence-electron chi connectivity index (χ0n) is 11.3. The van der Waals surface area contributed by atoms with Gasteiger partial charge in [-0.1, -0.05) is 0 Å². The van der Waals surface area contributed by atoms with Crippen molar-refractivity contribution in [3.8, 4) is 0 Å². The number of likely N-dealkylation sites (tertiary alicyclic amines) is 1. The van der Waals surface area contributed by atoms with Crippen LogP contribution in [0.25, 0.3) is 0 Å². The van der Waals surface area contributed by atoms with E-state index in [0.717, 1.165) is 30.9 Å². The Morgan fingerprint density at radius 2 is 2.22 bits per heavy atom. The Bertz CT molecular complexity index is 408. The fourth-order valence-corrected chi connectivity index (χ4v) is 2.34. The number of anilines is 2. The Morgan fingerprint density at radius 1 is 1.44 bits per heavy atom. The van der Waals surface area contributed by atoms with Crippen LogP contribution in [0.3, 0.4) is 0 Å². The molecule has 0 bridgehead atoms. The SMILES string of the molecule is Cc1cc(NC2CCN(C)C(C)C2)nc(NN)n1. The predicted octanol–water partition coefficient (Wildman–Crippen LogP) is 0.965. The molecule has 2 rings (SSSR count). The van der Waals surface area contributed by atoms with E-state index in [-0.39, 0.29) is 0 Å². The second-order valence-corrected chi connectivity index (χ2v) is 5.06. The summed E-state index contributed by atoms with van der Waals surface area (Å²) in [7, 11) is 2.17. The highest BCUT2D eigenvalue weighted by atomic mass is 15.3. The summed E-state index contributed by atoms with van der Waals surface area (Å²) >= 11 is 0. The number of hydrogen-bond donors (Lipinski definition) is 3. The maximum absolute atomic E-state index is 5.35. The molecule has 1 aromatic heterocycles. The second-order valence-electron chi connectivity index (χ2n) is 5.06. The van der Waals surface area contributed by atoms with Crippen LogP contribution in [0.2, 0.25) is 0 Å². The van der Waals surface area contributed by atoms with Gasteiger partial charge in [-0.05, 0) is 33.7 Å². The summed E-state index contributed by atoms with van der Waals surface area (Å²) < 4.78 is 0. The molecule has 4 N–H and O–H groups in total. The molecule has 1 fully saturated rings. The maximum atomic E-state index is 5.35. The van der Waals surface area contributed by atoms with Gasteiger partial charge in [0.25, 0.3) is 0 Å². The molecule has 2 atom stereocenters. The average molecular weight is 250 g/mol. The van der Waals surface area contributed by atoms with Crippen molar-refractivity contribution in [3.63, 3.8) is 0 Å². The fraction of sp³-hybridized carbons (Fsp3) is 0.667. The number of hydrogen-bond acceptors (Lipinski definition) is 6. The van der Waals surface area contributed by atoms with Gasteiger partial charge < -0.3 is 10.2 Å². The molecule has 0 spiro atoms. The highest BCUT2D eigenvalue weighted by Crippen LogP contribution is 2.19. The lowest BCUT2D eigenvalue weighted by atomic mass is 9.99. The molecule has 0 amide bonds. The van der Waals surface area contributed by atoms with Crippen LogP contribution in [0.5, 0.6) is 0 Å². The number of nitrogens with two attached hydrogens (primary N) is 1. The molecule has 1 aromatic rings. The monoisotopic (exact) mass is 250 g/mol. The quantitative estimate of drug-likeness (QED) is 0.548. The third-order valence-corrected chi connectivity index (χ3v) is 3.54. The van der Waals surface area contributed by atoms with Crippen LogP contribution in [-0.4, -0.2) is 40.5 Å². The Labute approximate surface area is 108 Å². The predicted molar refractivity (Wildman–Crippen MR) is 73.3 cm³/mol. The van der Waals surface area contributed by atoms with Crippen molar-refractivity contribution in [1.29, 1.82) is 0 Å². The number of nitrogen functional groups attached to an aromatic ring is 1. The molecular weight excluding hydrogens is 228 g/mol. The number of piperidine rings is 1. The highest BCUT2D eigenvalue weighted by molar-refractivity contribution is 5.42. The molecular formula is C12H22N6. The number of aromatic nitrogens is 2. The lowest BCUT2D eigenvalue weighted by Crippen LogP contribution is -2.42. The Morgan fingerprint density at radius 3 is 2.89 bits per heavy atom. The van der Waals surface area contributed by atoms with E-state index < -0.39 is 0 Å². The Kier molecular flexibility index (Phi) is 3.98. The van der Waals surface area contributed by atoms with Gasteiger partial charge >= 0.3 is 0 Å². The van der Waals surface area contributed by atoms with Crippen molar-refractivity contribution < 1.29 is 0 Å². The number of rotatable bonds is 3. The third-order valence-electron chi connectivity index (χ3n) is 3.54. The molecule has 6 heteroatoms. The van der Waals surface area contributed by atoms with Crippen LogP contribution >= 0.6 is 0 Å². The van der Waals surface area contributed by atoms with Crippen LogP contribution in [0, 0.1) is 6.92 Å². The summed E-state index contributed by atoms with van der Waals surface area (Å²) in [5.74, 6) is 6.65. The largest absolute Gasteiger partial charge is 0.367 e. The molecule has 2 heterocycles. The van der Waals surface area contributed by atoms with E-state index in [1.54, 1.807) is 0 Å². The average Bonchev–Trinajstić information content (AvgIpc) is 2.33. The topological polar surface area (TPSA) is 79.1 Å². The first-order valence-corrected chi connectivity index (χ1v) is 6.37. The summed E-state index contributed by atoms with van der Waals surface area (Å²) in [5.41, 5.74) is 3.39. The minimum atomic E-state index is 0.457. The first kappa shape index (κ1) is 13.0. The fourth-order valence-electron chi connectivity index (χ4n) is 2.34. The van der Waals surface area contributed by atoms with E-state index in [1.165, 1.54) is 0 Å². The molecule has 100 valence electrons. The van der Waals surface area contributed by atoms with Gasteiger partial charge in [0.15, 0.2) is 0 Å². The van der Waals surface area contributed by atoms with Gasteiger partial charge in [-0.25, -0.2) is 10.8 Å². The second kappa shape index (κ2) is 5.49. The highest BCUT2D eigenvalue weighted by Gasteiger charge is 2.22. The smallest absolute Gasteiger partial charge is 0.239 e. The molecule has 1 aliphatic rings. The summed E-state index contributed by atoms with van der Waals surface area (Å²) in [6, 6.07) is 3.02. The summed E-state index contributed by atoms with van der Waals surface area (Å²) in [4.78, 5) is 10.9. The van der Waals surface area contributed by atoms with Crippen LogP contribution in [0.4, 0.5) is 11.8 Å². The Balaban J connectivity index is 2.03. The van der Waals surface area contributed by atoms with E-state index in [2.05, 4.69) is 39.6 Å².